The highest BCUT2D eigenvalue weighted by molar-refractivity contribution is 8.14. The molecule has 4 heterocycles. The molecule has 1 fully saturated rings. The Labute approximate surface area is 234 Å². The lowest BCUT2D eigenvalue weighted by molar-refractivity contribution is -0.129. The summed E-state index contributed by atoms with van der Waals surface area (Å²) in [4.78, 5) is 48.7. The van der Waals surface area contributed by atoms with E-state index in [0.717, 1.165) is 11.1 Å². The number of fused-ring (bicyclic) bond motifs is 1. The minimum atomic E-state index is -0.276. The Morgan fingerprint density at radius 1 is 0.975 bits per heavy atom. The van der Waals surface area contributed by atoms with E-state index in [1.165, 1.54) is 22.9 Å². The van der Waals surface area contributed by atoms with E-state index < -0.39 is 0 Å². The third kappa shape index (κ3) is 5.20. The Morgan fingerprint density at radius 3 is 2.48 bits per heavy atom. The van der Waals surface area contributed by atoms with Crippen molar-refractivity contribution in [3.63, 3.8) is 0 Å². The summed E-state index contributed by atoms with van der Waals surface area (Å²) in [5.74, 6) is 1.14. The number of amides is 3. The van der Waals surface area contributed by atoms with Crippen LogP contribution >= 0.6 is 11.8 Å². The number of hydrogen-bond donors (Lipinski definition) is 0. The zero-order valence-electron chi connectivity index (χ0n) is 21.7. The average molecular weight is 559 g/mol. The van der Waals surface area contributed by atoms with Crippen LogP contribution in [0.5, 0.6) is 11.5 Å². The van der Waals surface area contributed by atoms with Crippen molar-refractivity contribution < 1.29 is 28.3 Å². The first-order valence-corrected chi connectivity index (χ1v) is 13.8. The van der Waals surface area contributed by atoms with Gasteiger partial charge in [0.15, 0.2) is 22.4 Å². The summed E-state index contributed by atoms with van der Waals surface area (Å²) in [5, 5.41) is 0.431. The second-order valence-electron chi connectivity index (χ2n) is 9.45. The summed E-state index contributed by atoms with van der Waals surface area (Å²) in [6, 6.07) is 16.3. The number of benzene rings is 2. The number of ether oxygens (including phenoxy) is 2. The SMILES string of the molecule is Cc1ccc(N2C(=O)C(=Cc3ccc4c(c3)OCO4)N=C2SCC(=O)N2CCN(C(=O)c3ccco3)CC2)cc1. The fourth-order valence-electron chi connectivity index (χ4n) is 4.61. The molecule has 40 heavy (non-hydrogen) atoms. The summed E-state index contributed by atoms with van der Waals surface area (Å²) in [6.07, 6.45) is 3.17. The number of carbonyl (C=O) groups excluding carboxylic acids is 3. The van der Waals surface area contributed by atoms with Crippen molar-refractivity contribution >= 4 is 46.4 Å². The zero-order valence-corrected chi connectivity index (χ0v) is 22.6. The Hall–Kier alpha value is -4.51. The van der Waals surface area contributed by atoms with Crippen LogP contribution in [0.25, 0.3) is 6.08 Å². The van der Waals surface area contributed by atoms with Crippen molar-refractivity contribution in [1.29, 1.82) is 0 Å². The van der Waals surface area contributed by atoms with Crippen LogP contribution in [0.1, 0.15) is 21.7 Å². The van der Waals surface area contributed by atoms with Crippen molar-refractivity contribution in [2.75, 3.05) is 43.6 Å². The molecule has 3 aliphatic rings. The van der Waals surface area contributed by atoms with Crippen LogP contribution in [0, 0.1) is 6.92 Å². The number of furan rings is 1. The predicted molar refractivity (Wildman–Crippen MR) is 150 cm³/mol. The van der Waals surface area contributed by atoms with E-state index in [4.69, 9.17) is 13.9 Å². The lowest BCUT2D eigenvalue weighted by Gasteiger charge is -2.34. The van der Waals surface area contributed by atoms with Crippen LogP contribution in [-0.2, 0) is 9.59 Å². The number of thioether (sulfide) groups is 1. The topological polar surface area (TPSA) is 105 Å². The number of anilines is 1. The Balaban J connectivity index is 1.16. The number of hydrogen-bond acceptors (Lipinski definition) is 8. The lowest BCUT2D eigenvalue weighted by atomic mass is 10.1. The molecule has 0 saturated carbocycles. The molecule has 1 aromatic heterocycles. The van der Waals surface area contributed by atoms with Gasteiger partial charge < -0.3 is 23.7 Å². The molecular formula is C29H26N4O6S. The second kappa shape index (κ2) is 10.9. The van der Waals surface area contributed by atoms with E-state index in [-0.39, 0.29) is 36.0 Å². The summed E-state index contributed by atoms with van der Waals surface area (Å²) in [7, 11) is 0. The number of aryl methyl sites for hydroxylation is 1. The van der Waals surface area contributed by atoms with E-state index in [1.807, 2.05) is 37.3 Å². The van der Waals surface area contributed by atoms with Crippen LogP contribution in [0.15, 0.2) is 76.0 Å². The predicted octanol–water partition coefficient (Wildman–Crippen LogP) is 3.78. The largest absolute Gasteiger partial charge is 0.459 e. The molecule has 11 heteroatoms. The highest BCUT2D eigenvalue weighted by atomic mass is 32.2. The third-order valence-corrected chi connectivity index (χ3v) is 7.72. The van der Waals surface area contributed by atoms with Crippen molar-refractivity contribution in [3.8, 4) is 11.5 Å². The van der Waals surface area contributed by atoms with E-state index in [9.17, 15) is 14.4 Å². The molecule has 6 rings (SSSR count). The maximum atomic E-state index is 13.5. The Morgan fingerprint density at radius 2 is 1.73 bits per heavy atom. The first kappa shape index (κ1) is 25.8. The van der Waals surface area contributed by atoms with Crippen molar-refractivity contribution in [2.24, 2.45) is 4.99 Å². The molecule has 1 saturated heterocycles. The van der Waals surface area contributed by atoms with E-state index in [0.29, 0.717) is 54.3 Å². The van der Waals surface area contributed by atoms with E-state index in [1.54, 1.807) is 40.1 Å². The molecule has 3 aliphatic heterocycles. The van der Waals surface area contributed by atoms with E-state index in [2.05, 4.69) is 4.99 Å². The summed E-state index contributed by atoms with van der Waals surface area (Å²) in [5.41, 5.74) is 2.76. The second-order valence-corrected chi connectivity index (χ2v) is 10.4. The van der Waals surface area contributed by atoms with Gasteiger partial charge in [0.2, 0.25) is 12.7 Å². The highest BCUT2D eigenvalue weighted by Gasteiger charge is 2.33. The molecule has 0 bridgehead atoms. The van der Waals surface area contributed by atoms with E-state index >= 15 is 0 Å². The number of carbonyl (C=O) groups is 3. The van der Waals surface area contributed by atoms with Crippen LogP contribution < -0.4 is 14.4 Å². The van der Waals surface area contributed by atoms with Gasteiger partial charge in [-0.2, -0.15) is 0 Å². The first-order chi connectivity index (χ1) is 19.5. The smallest absolute Gasteiger partial charge is 0.289 e. The minimum absolute atomic E-state index is 0.0812. The number of nitrogens with zero attached hydrogens (tertiary/aromatic N) is 4. The Kier molecular flexibility index (Phi) is 7.04. The fourth-order valence-corrected chi connectivity index (χ4v) is 5.52. The third-order valence-electron chi connectivity index (χ3n) is 6.80. The maximum Gasteiger partial charge on any atom is 0.289 e. The molecule has 0 spiro atoms. The lowest BCUT2D eigenvalue weighted by Crippen LogP contribution is -2.51. The van der Waals surface area contributed by atoms with Crippen LogP contribution in [0.4, 0.5) is 5.69 Å². The van der Waals surface area contributed by atoms with Gasteiger partial charge in [-0.05, 0) is 55.0 Å². The van der Waals surface area contributed by atoms with Gasteiger partial charge in [0, 0.05) is 26.2 Å². The molecule has 0 atom stereocenters. The molecule has 0 unspecified atom stereocenters. The van der Waals surface area contributed by atoms with Gasteiger partial charge in [-0.15, -0.1) is 0 Å². The summed E-state index contributed by atoms with van der Waals surface area (Å²) >= 11 is 1.22. The fraction of sp³-hybridized carbons (Fsp3) is 0.241. The summed E-state index contributed by atoms with van der Waals surface area (Å²) in [6.45, 7) is 3.84. The Bertz CT molecular complexity index is 1510. The van der Waals surface area contributed by atoms with Gasteiger partial charge in [0.05, 0.1) is 17.7 Å². The van der Waals surface area contributed by atoms with Gasteiger partial charge in [0.25, 0.3) is 11.8 Å². The van der Waals surface area contributed by atoms with Crippen LogP contribution in [0.2, 0.25) is 0 Å². The summed E-state index contributed by atoms with van der Waals surface area (Å²) < 4.78 is 16.0. The van der Waals surface area contributed by atoms with Crippen LogP contribution in [-0.4, -0.2) is 71.4 Å². The van der Waals surface area contributed by atoms with Crippen LogP contribution in [0.3, 0.4) is 0 Å². The normalized spacial score (nSPS) is 17.5. The van der Waals surface area contributed by atoms with Crippen molar-refractivity contribution in [2.45, 2.75) is 6.92 Å². The first-order valence-electron chi connectivity index (χ1n) is 12.8. The molecule has 10 nitrogen and oxygen atoms in total. The van der Waals surface area contributed by atoms with Gasteiger partial charge in [-0.3, -0.25) is 19.3 Å². The molecule has 0 aliphatic carbocycles. The standard InChI is InChI=1S/C29H26N4O6S/c1-19-4-7-21(8-5-19)33-27(35)22(15-20-6-9-23-25(16-20)39-18-38-23)30-29(33)40-17-26(34)31-10-12-32(13-11-31)28(36)24-3-2-14-37-24/h2-9,14-16H,10-13,17-18H2,1H3. The van der Waals surface area contributed by atoms with Gasteiger partial charge >= 0.3 is 0 Å². The minimum Gasteiger partial charge on any atom is -0.459 e. The van der Waals surface area contributed by atoms with Gasteiger partial charge in [-0.1, -0.05) is 35.5 Å². The van der Waals surface area contributed by atoms with Crippen molar-refractivity contribution in [3.05, 3.63) is 83.4 Å². The molecular weight excluding hydrogens is 532 g/mol. The molecule has 0 N–H and O–H groups in total. The number of aliphatic imine (C=N–C) groups is 1. The zero-order chi connectivity index (χ0) is 27.6. The molecule has 3 amide bonds. The average Bonchev–Trinajstić information content (AvgIpc) is 3.73. The van der Waals surface area contributed by atoms with Crippen molar-refractivity contribution in [1.82, 2.24) is 9.80 Å². The van der Waals surface area contributed by atoms with Gasteiger partial charge in [0.1, 0.15) is 5.70 Å². The monoisotopic (exact) mass is 558 g/mol. The number of piperazine rings is 1. The maximum absolute atomic E-state index is 13.5. The number of rotatable bonds is 5. The quantitative estimate of drug-likeness (QED) is 0.439. The van der Waals surface area contributed by atoms with Gasteiger partial charge in [-0.25, -0.2) is 4.99 Å². The molecule has 2 aromatic carbocycles. The molecule has 3 aromatic rings. The molecule has 0 radical (unpaired) electrons. The number of amidine groups is 1. The highest BCUT2D eigenvalue weighted by Crippen LogP contribution is 2.34. The molecule has 204 valence electrons.